The van der Waals surface area contributed by atoms with Gasteiger partial charge in [0.15, 0.2) is 0 Å². The van der Waals surface area contributed by atoms with E-state index in [1.807, 2.05) is 0 Å². The largest absolute Gasteiger partial charge is 0.409 e. The lowest BCUT2D eigenvalue weighted by Gasteiger charge is -2.19. The maximum absolute atomic E-state index is 12.4. The summed E-state index contributed by atoms with van der Waals surface area (Å²) in [5.74, 6) is -1.81. The highest BCUT2D eigenvalue weighted by Crippen LogP contribution is 2.19. The van der Waals surface area contributed by atoms with Crippen LogP contribution in [-0.2, 0) is 0 Å². The first kappa shape index (κ1) is 14.0. The molecule has 1 aromatic heterocycles. The average Bonchev–Trinajstić information content (AvgIpc) is 2.73. The van der Waals surface area contributed by atoms with Crippen molar-refractivity contribution < 1.29 is 22.8 Å². The van der Waals surface area contributed by atoms with E-state index in [2.05, 4.69) is 4.98 Å². The molecule has 0 aliphatic rings. The molecular formula is C9H11F3N4O2. The molecule has 0 bridgehead atoms. The summed E-state index contributed by atoms with van der Waals surface area (Å²) in [5.41, 5.74) is 9.65. The van der Waals surface area contributed by atoms with E-state index in [4.69, 9.17) is 11.5 Å². The second-order valence-electron chi connectivity index (χ2n) is 3.47. The number of nitrogens with two attached hydrogens (primary N) is 2. The fourth-order valence-electron chi connectivity index (χ4n) is 1.18. The molecule has 0 saturated heterocycles. The number of rotatable bonds is 4. The van der Waals surface area contributed by atoms with Gasteiger partial charge in [-0.25, -0.2) is 0 Å². The molecule has 0 aromatic carbocycles. The lowest BCUT2D eigenvalue weighted by Crippen LogP contribution is -2.50. The summed E-state index contributed by atoms with van der Waals surface area (Å²) in [5, 5.41) is 1.70. The first-order chi connectivity index (χ1) is 8.25. The van der Waals surface area contributed by atoms with Crippen LogP contribution < -0.4 is 16.8 Å². The van der Waals surface area contributed by atoms with Crippen molar-refractivity contribution in [1.82, 2.24) is 10.3 Å². The summed E-state index contributed by atoms with van der Waals surface area (Å²) in [6, 6.07) is -1.09. The molecule has 0 aliphatic heterocycles. The topological polar surface area (TPSA) is 114 Å². The summed E-state index contributed by atoms with van der Waals surface area (Å²) in [6.07, 6.45) is -3.51. The third-order valence-electron chi connectivity index (χ3n) is 2.15. The van der Waals surface area contributed by atoms with Gasteiger partial charge in [-0.15, -0.1) is 0 Å². The number of carbonyl (C=O) groups is 2. The van der Waals surface area contributed by atoms with Gasteiger partial charge in [0.05, 0.1) is 5.56 Å². The van der Waals surface area contributed by atoms with E-state index in [1.54, 1.807) is 5.32 Å². The van der Waals surface area contributed by atoms with Gasteiger partial charge in [-0.1, -0.05) is 0 Å². The van der Waals surface area contributed by atoms with Crippen LogP contribution in [0.4, 0.5) is 13.2 Å². The molecule has 100 valence electrons. The molecule has 6 N–H and O–H groups in total. The van der Waals surface area contributed by atoms with E-state index in [0.717, 1.165) is 12.3 Å². The number of alkyl halides is 3. The second kappa shape index (κ2) is 5.08. The average molecular weight is 264 g/mol. The fraction of sp³-hybridized carbons (Fsp3) is 0.333. The van der Waals surface area contributed by atoms with Crippen molar-refractivity contribution >= 4 is 11.8 Å². The quantitative estimate of drug-likeness (QED) is 0.600. The zero-order valence-corrected chi connectivity index (χ0v) is 9.04. The molecule has 1 aromatic rings. The lowest BCUT2D eigenvalue weighted by molar-refractivity contribution is -0.150. The number of primary amides is 1. The van der Waals surface area contributed by atoms with E-state index in [1.165, 1.54) is 0 Å². The first-order valence-electron chi connectivity index (χ1n) is 4.81. The molecule has 1 atom stereocenters. The van der Waals surface area contributed by atoms with Crippen LogP contribution in [0.5, 0.6) is 0 Å². The van der Waals surface area contributed by atoms with Crippen molar-refractivity contribution in [2.24, 2.45) is 11.5 Å². The third-order valence-corrected chi connectivity index (χ3v) is 2.15. The normalized spacial score (nSPS) is 13.1. The van der Waals surface area contributed by atoms with E-state index >= 15 is 0 Å². The highest BCUT2D eigenvalue weighted by molar-refractivity contribution is 5.98. The Bertz CT molecular complexity index is 455. The number of hydrogen-bond donors (Lipinski definition) is 4. The molecule has 0 radical (unpaired) electrons. The number of nitrogens with one attached hydrogen (secondary N) is 2. The number of amides is 2. The molecule has 6 nitrogen and oxygen atoms in total. The van der Waals surface area contributed by atoms with Gasteiger partial charge >= 0.3 is 6.18 Å². The maximum Gasteiger partial charge on any atom is 0.409 e. The van der Waals surface area contributed by atoms with Crippen molar-refractivity contribution in [3.8, 4) is 0 Å². The van der Waals surface area contributed by atoms with Gasteiger partial charge in [0, 0.05) is 12.7 Å². The Morgan fingerprint density at radius 1 is 1.44 bits per heavy atom. The van der Waals surface area contributed by atoms with Gasteiger partial charge in [-0.05, 0) is 6.07 Å². The second-order valence-corrected chi connectivity index (χ2v) is 3.47. The molecule has 0 spiro atoms. The van der Waals surface area contributed by atoms with Crippen LogP contribution in [-0.4, -0.2) is 35.6 Å². The van der Waals surface area contributed by atoms with E-state index < -0.39 is 30.6 Å². The minimum atomic E-state index is -4.64. The Hall–Kier alpha value is -2.03. The summed E-state index contributed by atoms with van der Waals surface area (Å²) >= 11 is 0. The Balaban J connectivity index is 2.78. The van der Waals surface area contributed by atoms with E-state index in [9.17, 15) is 22.8 Å². The number of H-pyrrole nitrogens is 1. The highest BCUT2D eigenvalue weighted by atomic mass is 19.4. The standard InChI is InChI=1S/C9H11F3N4O2/c10-9(11,12)6(2-13)16-8(18)5-1-4(3-15-5)7(14)17/h1,3,6,15H,2,13H2,(H2,14,17)(H,16,18). The Morgan fingerprint density at radius 2 is 2.06 bits per heavy atom. The number of hydrogen-bond acceptors (Lipinski definition) is 3. The van der Waals surface area contributed by atoms with Crippen LogP contribution in [0.15, 0.2) is 12.3 Å². The summed E-state index contributed by atoms with van der Waals surface area (Å²) in [6.45, 7) is -0.779. The number of carbonyl (C=O) groups excluding carboxylic acids is 2. The van der Waals surface area contributed by atoms with Crippen LogP contribution in [0.25, 0.3) is 0 Å². The number of aromatic amines is 1. The Morgan fingerprint density at radius 3 is 2.44 bits per heavy atom. The summed E-state index contributed by atoms with van der Waals surface area (Å²) in [7, 11) is 0. The molecule has 0 aliphatic carbocycles. The highest BCUT2D eigenvalue weighted by Gasteiger charge is 2.39. The SMILES string of the molecule is NCC(NC(=O)c1cc(C(N)=O)c[nH]1)C(F)(F)F. The van der Waals surface area contributed by atoms with Crippen LogP contribution in [0, 0.1) is 0 Å². The predicted molar refractivity (Wildman–Crippen MR) is 55.7 cm³/mol. The zero-order valence-electron chi connectivity index (χ0n) is 9.04. The van der Waals surface area contributed by atoms with Gasteiger partial charge < -0.3 is 21.8 Å². The van der Waals surface area contributed by atoms with Gasteiger partial charge in [0.2, 0.25) is 5.91 Å². The Labute approximate surface area is 99.5 Å². The maximum atomic E-state index is 12.4. The number of halogens is 3. The lowest BCUT2D eigenvalue weighted by atomic mass is 10.2. The van der Waals surface area contributed by atoms with Crippen LogP contribution in [0.1, 0.15) is 20.8 Å². The summed E-state index contributed by atoms with van der Waals surface area (Å²) < 4.78 is 37.1. The van der Waals surface area contributed by atoms with Crippen molar-refractivity contribution in [2.45, 2.75) is 12.2 Å². The van der Waals surface area contributed by atoms with Crippen LogP contribution >= 0.6 is 0 Å². The zero-order chi connectivity index (χ0) is 13.9. The fourth-order valence-corrected chi connectivity index (χ4v) is 1.18. The molecule has 1 rings (SSSR count). The van der Waals surface area contributed by atoms with Gasteiger partial charge in [0.25, 0.3) is 5.91 Å². The predicted octanol–water partition coefficient (Wildman–Crippen LogP) is -0.267. The van der Waals surface area contributed by atoms with Gasteiger partial charge in [-0.2, -0.15) is 13.2 Å². The van der Waals surface area contributed by atoms with Gasteiger partial charge in [-0.3, -0.25) is 9.59 Å². The molecule has 9 heteroatoms. The number of aromatic nitrogens is 1. The van der Waals surface area contributed by atoms with Crippen LogP contribution in [0.2, 0.25) is 0 Å². The molecule has 1 unspecified atom stereocenters. The third kappa shape index (κ3) is 3.23. The molecule has 1 heterocycles. The van der Waals surface area contributed by atoms with E-state index in [-0.39, 0.29) is 11.3 Å². The minimum absolute atomic E-state index is 0.00328. The Kier molecular flexibility index (Phi) is 3.96. The monoisotopic (exact) mass is 264 g/mol. The van der Waals surface area contributed by atoms with Crippen LogP contribution in [0.3, 0.4) is 0 Å². The van der Waals surface area contributed by atoms with Crippen molar-refractivity contribution in [2.75, 3.05) is 6.54 Å². The van der Waals surface area contributed by atoms with Gasteiger partial charge in [0.1, 0.15) is 11.7 Å². The summed E-state index contributed by atoms with van der Waals surface area (Å²) in [4.78, 5) is 24.5. The molecule has 2 amide bonds. The smallest absolute Gasteiger partial charge is 0.366 e. The van der Waals surface area contributed by atoms with Crippen molar-refractivity contribution in [3.63, 3.8) is 0 Å². The van der Waals surface area contributed by atoms with Crippen molar-refractivity contribution in [1.29, 1.82) is 0 Å². The minimum Gasteiger partial charge on any atom is -0.366 e. The molecular weight excluding hydrogens is 253 g/mol. The van der Waals surface area contributed by atoms with E-state index in [0.29, 0.717) is 0 Å². The molecule has 0 saturated carbocycles. The first-order valence-corrected chi connectivity index (χ1v) is 4.81. The molecule has 18 heavy (non-hydrogen) atoms. The molecule has 0 fully saturated rings. The van der Waals surface area contributed by atoms with Crippen molar-refractivity contribution in [3.05, 3.63) is 23.5 Å².